The van der Waals surface area contributed by atoms with E-state index in [0.29, 0.717) is 5.75 Å². The van der Waals surface area contributed by atoms with Gasteiger partial charge in [0.2, 0.25) is 11.5 Å². The van der Waals surface area contributed by atoms with Crippen LogP contribution >= 0.6 is 0 Å². The van der Waals surface area contributed by atoms with Gasteiger partial charge >= 0.3 is 5.69 Å². The lowest BCUT2D eigenvalue weighted by atomic mass is 10.1. The Kier molecular flexibility index (Phi) is 4.33. The molecule has 0 unspecified atom stereocenters. The number of fused-ring (bicyclic) bond motifs is 1. The molecule has 1 heterocycles. The van der Waals surface area contributed by atoms with Crippen LogP contribution in [-0.4, -0.2) is 20.3 Å². The minimum absolute atomic E-state index is 0.0664. The Balaban J connectivity index is 1.69. The van der Waals surface area contributed by atoms with Crippen LogP contribution in [0.15, 0.2) is 73.1 Å². The van der Waals surface area contributed by atoms with Gasteiger partial charge in [-0.1, -0.05) is 30.3 Å². The van der Waals surface area contributed by atoms with Crippen LogP contribution in [-0.2, 0) is 7.05 Å². The lowest BCUT2D eigenvalue weighted by Gasteiger charge is -2.09. The van der Waals surface area contributed by atoms with Crippen molar-refractivity contribution < 1.29 is 14.5 Å². The van der Waals surface area contributed by atoms with Crippen molar-refractivity contribution in [1.29, 1.82) is 0 Å². The third-order valence-corrected chi connectivity index (χ3v) is 4.39. The van der Waals surface area contributed by atoms with E-state index < -0.39 is 10.7 Å². The van der Waals surface area contributed by atoms with Crippen LogP contribution in [0.1, 0.15) is 16.2 Å². The summed E-state index contributed by atoms with van der Waals surface area (Å²) in [6, 6.07) is 17.3. The van der Waals surface area contributed by atoms with Gasteiger partial charge in [-0.05, 0) is 35.0 Å². The van der Waals surface area contributed by atoms with Gasteiger partial charge in [0.1, 0.15) is 5.75 Å². The van der Waals surface area contributed by atoms with E-state index in [-0.39, 0.29) is 22.8 Å². The van der Waals surface area contributed by atoms with Crippen LogP contribution in [0.4, 0.5) is 5.69 Å². The third kappa shape index (κ3) is 3.21. The van der Waals surface area contributed by atoms with Gasteiger partial charge in [-0.3, -0.25) is 14.9 Å². The second-order valence-electron chi connectivity index (χ2n) is 6.24. The highest BCUT2D eigenvalue weighted by Crippen LogP contribution is 2.33. The largest absolute Gasteiger partial charge is 0.450 e. The second-order valence-corrected chi connectivity index (χ2v) is 6.24. The van der Waals surface area contributed by atoms with Crippen molar-refractivity contribution in [3.05, 3.63) is 94.6 Å². The molecule has 3 aromatic carbocycles. The number of benzene rings is 3. The highest BCUT2D eigenvalue weighted by atomic mass is 16.6. The monoisotopic (exact) mass is 373 g/mol. The molecule has 0 fully saturated rings. The number of nitro benzene ring substituents is 1. The number of carbonyl (C=O) groups excluding carboxylic acids is 1. The number of hydrogen-bond donors (Lipinski definition) is 0. The Morgan fingerprint density at radius 1 is 1.07 bits per heavy atom. The van der Waals surface area contributed by atoms with Crippen LogP contribution in [0.3, 0.4) is 0 Å². The summed E-state index contributed by atoms with van der Waals surface area (Å²) in [6.45, 7) is 0. The molecule has 4 rings (SSSR count). The fourth-order valence-electron chi connectivity index (χ4n) is 2.96. The molecule has 7 nitrogen and oxygen atoms in total. The van der Waals surface area contributed by atoms with Gasteiger partial charge in [0.25, 0.3) is 0 Å². The molecule has 28 heavy (non-hydrogen) atoms. The molecule has 0 saturated heterocycles. The van der Waals surface area contributed by atoms with Crippen molar-refractivity contribution in [2.45, 2.75) is 0 Å². The quantitative estimate of drug-likeness (QED) is 0.292. The molecule has 1 aromatic heterocycles. The number of nitrogens with zero attached hydrogens (tertiary/aromatic N) is 3. The van der Waals surface area contributed by atoms with Gasteiger partial charge in [0, 0.05) is 31.1 Å². The molecule has 138 valence electrons. The zero-order valence-electron chi connectivity index (χ0n) is 14.9. The van der Waals surface area contributed by atoms with E-state index in [1.165, 1.54) is 24.4 Å². The first-order valence-corrected chi connectivity index (χ1v) is 8.50. The molecular formula is C21H15N3O4. The van der Waals surface area contributed by atoms with Crippen molar-refractivity contribution in [3.8, 4) is 11.5 Å². The number of carbonyl (C=O) groups is 1. The first-order valence-electron chi connectivity index (χ1n) is 8.50. The number of aryl methyl sites for hydroxylation is 1. The molecule has 0 N–H and O–H groups in total. The number of aromatic nitrogens is 2. The van der Waals surface area contributed by atoms with E-state index in [9.17, 15) is 14.9 Å². The molecular weight excluding hydrogens is 358 g/mol. The molecule has 0 aliphatic rings. The summed E-state index contributed by atoms with van der Waals surface area (Å²) < 4.78 is 7.32. The van der Waals surface area contributed by atoms with Crippen molar-refractivity contribution in [2.24, 2.45) is 7.05 Å². The zero-order chi connectivity index (χ0) is 19.7. The Morgan fingerprint density at radius 3 is 2.57 bits per heavy atom. The zero-order valence-corrected chi connectivity index (χ0v) is 14.9. The van der Waals surface area contributed by atoms with Crippen LogP contribution < -0.4 is 4.74 Å². The van der Waals surface area contributed by atoms with Crippen LogP contribution in [0, 0.1) is 10.1 Å². The Hall–Kier alpha value is -4.00. The van der Waals surface area contributed by atoms with Crippen molar-refractivity contribution in [2.75, 3.05) is 0 Å². The van der Waals surface area contributed by atoms with E-state index in [1.54, 1.807) is 23.9 Å². The maximum atomic E-state index is 12.6. The maximum absolute atomic E-state index is 12.6. The predicted molar refractivity (Wildman–Crippen MR) is 104 cm³/mol. The number of ether oxygens (including phenoxy) is 1. The maximum Gasteiger partial charge on any atom is 0.312 e. The molecule has 0 bridgehead atoms. The average molecular weight is 373 g/mol. The topological polar surface area (TPSA) is 87.3 Å². The summed E-state index contributed by atoms with van der Waals surface area (Å²) >= 11 is 0. The molecule has 0 atom stereocenters. The minimum Gasteiger partial charge on any atom is -0.450 e. The minimum atomic E-state index is -0.564. The highest BCUT2D eigenvalue weighted by molar-refractivity contribution is 6.07. The van der Waals surface area contributed by atoms with E-state index in [4.69, 9.17) is 4.74 Å². The highest BCUT2D eigenvalue weighted by Gasteiger charge is 2.22. The summed E-state index contributed by atoms with van der Waals surface area (Å²) in [6.07, 6.45) is 3.14. The molecule has 0 saturated carbocycles. The number of hydrogen-bond acceptors (Lipinski definition) is 5. The van der Waals surface area contributed by atoms with E-state index >= 15 is 0 Å². The SMILES string of the molecule is Cn1ccnc1C(=O)c1ccc(Oc2ccc3ccccc3c2)c([N+](=O)[O-])c1. The van der Waals surface area contributed by atoms with E-state index in [1.807, 2.05) is 36.4 Å². The van der Waals surface area contributed by atoms with Crippen LogP contribution in [0.2, 0.25) is 0 Å². The van der Waals surface area contributed by atoms with Gasteiger partial charge in [0.15, 0.2) is 5.82 Å². The van der Waals surface area contributed by atoms with Gasteiger partial charge < -0.3 is 9.30 Å². The molecule has 4 aromatic rings. The number of rotatable bonds is 5. The van der Waals surface area contributed by atoms with E-state index in [0.717, 1.165) is 10.8 Å². The summed E-state index contributed by atoms with van der Waals surface area (Å²) in [5.74, 6) is 0.354. The van der Waals surface area contributed by atoms with E-state index in [2.05, 4.69) is 4.98 Å². The van der Waals surface area contributed by atoms with Crippen LogP contribution in [0.5, 0.6) is 11.5 Å². The second kappa shape index (κ2) is 6.96. The summed E-state index contributed by atoms with van der Waals surface area (Å²) in [7, 11) is 1.69. The number of ketones is 1. The average Bonchev–Trinajstić information content (AvgIpc) is 3.13. The molecule has 0 amide bonds. The van der Waals surface area contributed by atoms with Crippen molar-refractivity contribution >= 4 is 22.2 Å². The first-order chi connectivity index (χ1) is 13.5. The van der Waals surface area contributed by atoms with Crippen LogP contribution in [0.25, 0.3) is 10.8 Å². The van der Waals surface area contributed by atoms with Gasteiger partial charge in [-0.25, -0.2) is 4.98 Å². The fourth-order valence-corrected chi connectivity index (χ4v) is 2.96. The lowest BCUT2D eigenvalue weighted by Crippen LogP contribution is -2.09. The standard InChI is InChI=1S/C21H15N3O4/c1-23-11-10-22-21(23)20(25)16-7-9-19(18(13-16)24(26)27)28-17-8-6-14-4-2-3-5-15(14)12-17/h2-13H,1H3. The number of imidazole rings is 1. The van der Waals surface area contributed by atoms with Crippen molar-refractivity contribution in [3.63, 3.8) is 0 Å². The van der Waals surface area contributed by atoms with Gasteiger partial charge in [0.05, 0.1) is 4.92 Å². The normalized spacial score (nSPS) is 10.8. The molecule has 0 radical (unpaired) electrons. The van der Waals surface area contributed by atoms with Crippen molar-refractivity contribution in [1.82, 2.24) is 9.55 Å². The summed E-state index contributed by atoms with van der Waals surface area (Å²) in [5, 5.41) is 13.6. The summed E-state index contributed by atoms with van der Waals surface area (Å²) in [4.78, 5) is 27.6. The van der Waals surface area contributed by atoms with Gasteiger partial charge in [-0.15, -0.1) is 0 Å². The molecule has 0 aliphatic carbocycles. The Morgan fingerprint density at radius 2 is 1.86 bits per heavy atom. The number of nitro groups is 1. The summed E-state index contributed by atoms with van der Waals surface area (Å²) in [5.41, 5.74) is -0.111. The first kappa shape index (κ1) is 17.4. The molecule has 0 spiro atoms. The molecule has 7 heteroatoms. The predicted octanol–water partition coefficient (Wildman–Crippen LogP) is 4.50. The Bertz CT molecular complexity index is 1210. The smallest absolute Gasteiger partial charge is 0.312 e. The lowest BCUT2D eigenvalue weighted by molar-refractivity contribution is -0.385. The fraction of sp³-hybridized carbons (Fsp3) is 0.0476. The van der Waals surface area contributed by atoms with Gasteiger partial charge in [-0.2, -0.15) is 0 Å². The Labute approximate surface area is 160 Å². The third-order valence-electron chi connectivity index (χ3n) is 4.39. The molecule has 0 aliphatic heterocycles.